The van der Waals surface area contributed by atoms with E-state index >= 15 is 0 Å². The number of thiophene rings is 1. The Morgan fingerprint density at radius 2 is 1.78 bits per heavy atom. The zero-order valence-electron chi connectivity index (χ0n) is 16.8. The normalized spacial score (nSPS) is 10.2. The van der Waals surface area contributed by atoms with Crippen LogP contribution in [0.1, 0.15) is 20.0 Å². The fourth-order valence-corrected chi connectivity index (χ4v) is 4.13. The van der Waals surface area contributed by atoms with Crippen molar-refractivity contribution in [1.82, 2.24) is 5.32 Å². The van der Waals surface area contributed by atoms with Crippen molar-refractivity contribution in [2.24, 2.45) is 0 Å². The zero-order chi connectivity index (χ0) is 23.3. The molecule has 166 valence electrons. The van der Waals surface area contributed by atoms with Crippen LogP contribution in [0.3, 0.4) is 0 Å². The Hall–Kier alpha value is -2.85. The molecule has 3 rings (SSSR count). The number of methoxy groups -OCH3 is 2. The van der Waals surface area contributed by atoms with E-state index in [1.165, 1.54) is 37.7 Å². The van der Waals surface area contributed by atoms with Crippen LogP contribution in [0.15, 0.2) is 47.8 Å². The molecular weight excluding hydrogens is 493 g/mol. The molecule has 1 aromatic heterocycles. The van der Waals surface area contributed by atoms with Gasteiger partial charge in [-0.15, -0.1) is 11.3 Å². The van der Waals surface area contributed by atoms with E-state index in [0.29, 0.717) is 22.0 Å². The summed E-state index contributed by atoms with van der Waals surface area (Å²) in [4.78, 5) is 25.5. The number of hydrogen-bond acceptors (Lipinski definition) is 6. The second kappa shape index (κ2) is 10.6. The van der Waals surface area contributed by atoms with Crippen LogP contribution in [0.2, 0.25) is 10.0 Å². The Morgan fingerprint density at radius 3 is 2.44 bits per heavy atom. The van der Waals surface area contributed by atoms with E-state index in [1.807, 2.05) is 5.38 Å². The second-order valence-electron chi connectivity index (χ2n) is 6.22. The summed E-state index contributed by atoms with van der Waals surface area (Å²) in [6.45, 7) is 0. The minimum atomic E-state index is -0.546. The quantitative estimate of drug-likeness (QED) is 0.382. The molecule has 0 fully saturated rings. The summed E-state index contributed by atoms with van der Waals surface area (Å²) in [5.41, 5.74) is 1.17. The topological polar surface area (TPSA) is 88.7 Å². The third kappa shape index (κ3) is 5.68. The predicted molar refractivity (Wildman–Crippen MR) is 132 cm³/mol. The standard InChI is InChI=1S/C21H17Cl2N3O4S2/c1-29-16-10-12(5-6-15(16)25-20(28)17-4-3-7-32-17)24-21(31)26-19(27)13-8-11(22)9-14(23)18(13)30-2/h3-10H,1-2H3,(H,25,28)(H2,24,26,27,31). The number of amides is 2. The van der Waals surface area contributed by atoms with E-state index in [2.05, 4.69) is 16.0 Å². The maximum Gasteiger partial charge on any atom is 0.265 e. The predicted octanol–water partition coefficient (Wildman–Crippen LogP) is 5.45. The molecule has 2 amide bonds. The molecule has 0 atom stereocenters. The molecular formula is C21H17Cl2N3O4S2. The summed E-state index contributed by atoms with van der Waals surface area (Å²) < 4.78 is 10.6. The molecule has 0 saturated carbocycles. The van der Waals surface area contributed by atoms with Gasteiger partial charge in [-0.05, 0) is 47.9 Å². The zero-order valence-corrected chi connectivity index (χ0v) is 20.0. The average Bonchev–Trinajstić information content (AvgIpc) is 3.29. The summed E-state index contributed by atoms with van der Waals surface area (Å²) in [6, 6.07) is 11.4. The van der Waals surface area contributed by atoms with Crippen LogP contribution in [0.5, 0.6) is 11.5 Å². The number of rotatable bonds is 6. The van der Waals surface area contributed by atoms with Gasteiger partial charge in [-0.3, -0.25) is 14.9 Å². The van der Waals surface area contributed by atoms with E-state index in [9.17, 15) is 9.59 Å². The molecule has 1 heterocycles. The van der Waals surface area contributed by atoms with Gasteiger partial charge in [0.25, 0.3) is 11.8 Å². The molecule has 0 aliphatic rings. The molecule has 0 spiro atoms. The lowest BCUT2D eigenvalue weighted by molar-refractivity contribution is 0.0973. The van der Waals surface area contributed by atoms with Crippen LogP contribution < -0.4 is 25.4 Å². The Morgan fingerprint density at radius 1 is 1.00 bits per heavy atom. The van der Waals surface area contributed by atoms with E-state index in [-0.39, 0.29) is 32.4 Å². The Balaban J connectivity index is 1.70. The van der Waals surface area contributed by atoms with Gasteiger partial charge in [0.1, 0.15) is 11.5 Å². The van der Waals surface area contributed by atoms with Gasteiger partial charge in [0, 0.05) is 16.8 Å². The van der Waals surface area contributed by atoms with Crippen molar-refractivity contribution in [2.75, 3.05) is 24.9 Å². The van der Waals surface area contributed by atoms with Gasteiger partial charge in [-0.2, -0.15) is 0 Å². The number of anilines is 2. The highest BCUT2D eigenvalue weighted by molar-refractivity contribution is 7.80. The second-order valence-corrected chi connectivity index (χ2v) is 8.42. The summed E-state index contributed by atoms with van der Waals surface area (Å²) in [5.74, 6) is -0.187. The molecule has 32 heavy (non-hydrogen) atoms. The van der Waals surface area contributed by atoms with Crippen LogP contribution in [-0.4, -0.2) is 31.1 Å². The summed E-state index contributed by atoms with van der Waals surface area (Å²) in [5, 5.41) is 10.6. The van der Waals surface area contributed by atoms with Crippen molar-refractivity contribution in [1.29, 1.82) is 0 Å². The SMILES string of the molecule is COc1cc(NC(=S)NC(=O)c2cc(Cl)cc(Cl)c2OC)ccc1NC(=O)c1cccs1. The number of ether oxygens (including phenoxy) is 2. The number of hydrogen-bond donors (Lipinski definition) is 3. The van der Waals surface area contributed by atoms with E-state index < -0.39 is 5.91 Å². The van der Waals surface area contributed by atoms with Crippen molar-refractivity contribution >= 4 is 75.1 Å². The first-order valence-corrected chi connectivity index (χ1v) is 11.0. The van der Waals surface area contributed by atoms with Crippen molar-refractivity contribution in [3.8, 4) is 11.5 Å². The molecule has 2 aromatic carbocycles. The first-order valence-electron chi connectivity index (χ1n) is 9.00. The van der Waals surface area contributed by atoms with Crippen LogP contribution in [0, 0.1) is 0 Å². The van der Waals surface area contributed by atoms with Crippen LogP contribution in [0.4, 0.5) is 11.4 Å². The molecule has 0 unspecified atom stereocenters. The summed E-state index contributed by atoms with van der Waals surface area (Å²) >= 11 is 18.6. The first-order chi connectivity index (χ1) is 15.3. The highest BCUT2D eigenvalue weighted by Crippen LogP contribution is 2.32. The van der Waals surface area contributed by atoms with Crippen molar-refractivity contribution in [3.05, 3.63) is 68.3 Å². The largest absolute Gasteiger partial charge is 0.494 e. The summed E-state index contributed by atoms with van der Waals surface area (Å²) in [7, 11) is 2.88. The number of nitrogens with one attached hydrogen (secondary N) is 3. The number of benzene rings is 2. The third-order valence-corrected chi connectivity index (χ3v) is 5.71. The van der Waals surface area contributed by atoms with Crippen LogP contribution in [-0.2, 0) is 0 Å². The minimum Gasteiger partial charge on any atom is -0.494 e. The van der Waals surface area contributed by atoms with E-state index in [0.717, 1.165) is 0 Å². The molecule has 3 aromatic rings. The number of thiocarbonyl (C=S) groups is 1. The fraction of sp³-hybridized carbons (Fsp3) is 0.0952. The van der Waals surface area contributed by atoms with Crippen molar-refractivity contribution in [3.63, 3.8) is 0 Å². The smallest absolute Gasteiger partial charge is 0.265 e. The molecule has 3 N–H and O–H groups in total. The molecule has 0 radical (unpaired) electrons. The average molecular weight is 510 g/mol. The summed E-state index contributed by atoms with van der Waals surface area (Å²) in [6.07, 6.45) is 0. The van der Waals surface area contributed by atoms with Crippen molar-refractivity contribution in [2.45, 2.75) is 0 Å². The highest BCUT2D eigenvalue weighted by Gasteiger charge is 2.18. The number of halogens is 2. The highest BCUT2D eigenvalue weighted by atomic mass is 35.5. The third-order valence-electron chi connectivity index (χ3n) is 4.14. The van der Waals surface area contributed by atoms with Gasteiger partial charge in [0.15, 0.2) is 5.11 Å². The lowest BCUT2D eigenvalue weighted by Gasteiger charge is -2.15. The Kier molecular flexibility index (Phi) is 7.92. The first kappa shape index (κ1) is 23.8. The van der Waals surface area contributed by atoms with Gasteiger partial charge in [0.05, 0.1) is 35.4 Å². The van der Waals surface area contributed by atoms with Crippen molar-refractivity contribution < 1.29 is 19.1 Å². The maximum absolute atomic E-state index is 12.6. The molecule has 0 bridgehead atoms. The molecule has 7 nitrogen and oxygen atoms in total. The molecule has 11 heteroatoms. The number of carbonyl (C=O) groups excluding carboxylic acids is 2. The monoisotopic (exact) mass is 509 g/mol. The molecule has 0 aliphatic heterocycles. The van der Waals surface area contributed by atoms with E-state index in [1.54, 1.807) is 30.3 Å². The van der Waals surface area contributed by atoms with E-state index in [4.69, 9.17) is 44.9 Å². The maximum atomic E-state index is 12.6. The van der Waals surface area contributed by atoms with Gasteiger partial charge in [-0.25, -0.2) is 0 Å². The lowest BCUT2D eigenvalue weighted by Crippen LogP contribution is -2.34. The molecule has 0 aliphatic carbocycles. The van der Waals surface area contributed by atoms with Crippen LogP contribution in [0.25, 0.3) is 0 Å². The van der Waals surface area contributed by atoms with Gasteiger partial charge in [0.2, 0.25) is 0 Å². The Bertz CT molecular complexity index is 1170. The minimum absolute atomic E-state index is 0.0329. The lowest BCUT2D eigenvalue weighted by atomic mass is 10.2. The van der Waals surface area contributed by atoms with Gasteiger partial charge >= 0.3 is 0 Å². The molecule has 0 saturated heterocycles. The van der Waals surface area contributed by atoms with Crippen LogP contribution >= 0.6 is 46.8 Å². The Labute approximate surface area is 203 Å². The fourth-order valence-electron chi connectivity index (χ4n) is 2.73. The van der Waals surface area contributed by atoms with Gasteiger partial charge < -0.3 is 20.1 Å². The van der Waals surface area contributed by atoms with Gasteiger partial charge in [-0.1, -0.05) is 29.3 Å². The number of carbonyl (C=O) groups is 2.